The molecular formula is C14H16N2O5. The molecule has 1 aliphatic rings. The highest BCUT2D eigenvalue weighted by molar-refractivity contribution is 5.96. The molecule has 2 rings (SSSR count). The summed E-state index contributed by atoms with van der Waals surface area (Å²) in [6.07, 6.45) is 2.01. The second kappa shape index (κ2) is 5.90. The molecule has 7 heteroatoms. The number of carboxylic acid groups (broad SMARTS) is 1. The third kappa shape index (κ3) is 3.77. The molecule has 7 nitrogen and oxygen atoms in total. The van der Waals surface area contributed by atoms with Gasteiger partial charge in [-0.2, -0.15) is 0 Å². The number of benzene rings is 1. The Morgan fingerprint density at radius 3 is 2.57 bits per heavy atom. The molecule has 0 radical (unpaired) electrons. The minimum atomic E-state index is -1.07. The zero-order valence-corrected chi connectivity index (χ0v) is 11.6. The summed E-state index contributed by atoms with van der Waals surface area (Å²) < 4.78 is 0. The summed E-state index contributed by atoms with van der Waals surface area (Å²) in [6.45, 7) is 1.61. The highest BCUT2D eigenvalue weighted by Gasteiger charge is 2.28. The molecule has 1 aromatic carbocycles. The third-order valence-corrected chi connectivity index (χ3v) is 3.43. The van der Waals surface area contributed by atoms with Crippen molar-refractivity contribution >= 4 is 17.6 Å². The van der Waals surface area contributed by atoms with E-state index in [4.69, 9.17) is 5.11 Å². The van der Waals surface area contributed by atoms with E-state index in [2.05, 4.69) is 0 Å². The van der Waals surface area contributed by atoms with Crippen molar-refractivity contribution in [2.24, 2.45) is 5.92 Å². The number of nitro groups is 1. The SMILES string of the molecule is Cc1cc(C(=O)N(CC(=O)O)CC2CC2)ccc1[N+](=O)[O-]. The van der Waals surface area contributed by atoms with Crippen molar-refractivity contribution < 1.29 is 19.6 Å². The molecule has 0 unspecified atom stereocenters. The molecule has 21 heavy (non-hydrogen) atoms. The third-order valence-electron chi connectivity index (χ3n) is 3.43. The molecule has 1 aromatic rings. The Hall–Kier alpha value is -2.44. The summed E-state index contributed by atoms with van der Waals surface area (Å²) in [5, 5.41) is 19.7. The fourth-order valence-corrected chi connectivity index (χ4v) is 2.17. The highest BCUT2D eigenvalue weighted by atomic mass is 16.6. The van der Waals surface area contributed by atoms with Gasteiger partial charge in [-0.15, -0.1) is 0 Å². The molecule has 1 N–H and O–H groups in total. The monoisotopic (exact) mass is 292 g/mol. The lowest BCUT2D eigenvalue weighted by Crippen LogP contribution is -2.37. The highest BCUT2D eigenvalue weighted by Crippen LogP contribution is 2.30. The van der Waals surface area contributed by atoms with Gasteiger partial charge >= 0.3 is 5.97 Å². The first kappa shape index (κ1) is 15.0. The predicted molar refractivity (Wildman–Crippen MR) is 74.1 cm³/mol. The van der Waals surface area contributed by atoms with E-state index in [1.807, 2.05) is 0 Å². The summed E-state index contributed by atoms with van der Waals surface area (Å²) >= 11 is 0. The Labute approximate surface area is 121 Å². The van der Waals surface area contributed by atoms with Crippen LogP contribution in [0.15, 0.2) is 18.2 Å². The zero-order valence-electron chi connectivity index (χ0n) is 11.6. The molecule has 0 aliphatic heterocycles. The number of hydrogen-bond donors (Lipinski definition) is 1. The number of amides is 1. The van der Waals surface area contributed by atoms with Crippen molar-refractivity contribution in [3.8, 4) is 0 Å². The Morgan fingerprint density at radius 1 is 1.43 bits per heavy atom. The van der Waals surface area contributed by atoms with E-state index in [1.165, 1.54) is 23.1 Å². The fraction of sp³-hybridized carbons (Fsp3) is 0.429. The smallest absolute Gasteiger partial charge is 0.323 e. The van der Waals surface area contributed by atoms with Crippen LogP contribution in [0.5, 0.6) is 0 Å². The average molecular weight is 292 g/mol. The molecular weight excluding hydrogens is 276 g/mol. The Bertz CT molecular complexity index is 595. The van der Waals surface area contributed by atoms with E-state index in [-0.39, 0.29) is 17.8 Å². The lowest BCUT2D eigenvalue weighted by atomic mass is 10.1. The van der Waals surface area contributed by atoms with Gasteiger partial charge in [0.15, 0.2) is 0 Å². The van der Waals surface area contributed by atoms with Crippen molar-refractivity contribution in [1.29, 1.82) is 0 Å². The molecule has 1 fully saturated rings. The second-order valence-electron chi connectivity index (χ2n) is 5.28. The molecule has 0 saturated heterocycles. The van der Waals surface area contributed by atoms with Gasteiger partial charge in [-0.25, -0.2) is 0 Å². The number of aryl methyl sites for hydroxylation is 1. The van der Waals surface area contributed by atoms with Gasteiger partial charge in [0.05, 0.1) is 4.92 Å². The second-order valence-corrected chi connectivity index (χ2v) is 5.28. The maximum Gasteiger partial charge on any atom is 0.323 e. The van der Waals surface area contributed by atoms with Crippen LogP contribution in [0.2, 0.25) is 0 Å². The number of aliphatic carboxylic acids is 1. The minimum absolute atomic E-state index is 0.0569. The van der Waals surface area contributed by atoms with Crippen LogP contribution in [0.3, 0.4) is 0 Å². The Kier molecular flexibility index (Phi) is 4.21. The van der Waals surface area contributed by atoms with Gasteiger partial charge in [0, 0.05) is 23.7 Å². The first-order valence-electron chi connectivity index (χ1n) is 6.64. The number of carboxylic acids is 1. The van der Waals surface area contributed by atoms with Crippen molar-refractivity contribution in [2.45, 2.75) is 19.8 Å². The van der Waals surface area contributed by atoms with Gasteiger partial charge in [-0.05, 0) is 37.8 Å². The van der Waals surface area contributed by atoms with Crippen molar-refractivity contribution in [2.75, 3.05) is 13.1 Å². The summed E-state index contributed by atoms with van der Waals surface area (Å²) in [5.41, 5.74) is 0.603. The van der Waals surface area contributed by atoms with Crippen LogP contribution in [0.1, 0.15) is 28.8 Å². The van der Waals surface area contributed by atoms with Crippen LogP contribution < -0.4 is 0 Å². The van der Waals surface area contributed by atoms with E-state index in [0.29, 0.717) is 18.0 Å². The number of hydrogen-bond acceptors (Lipinski definition) is 4. The summed E-state index contributed by atoms with van der Waals surface area (Å²) in [5.74, 6) is -1.10. The molecule has 0 aromatic heterocycles. The Morgan fingerprint density at radius 2 is 2.10 bits per heavy atom. The van der Waals surface area contributed by atoms with Crippen LogP contribution in [0.4, 0.5) is 5.69 Å². The van der Waals surface area contributed by atoms with E-state index < -0.39 is 16.8 Å². The molecule has 0 heterocycles. The average Bonchev–Trinajstić information content (AvgIpc) is 3.20. The quantitative estimate of drug-likeness (QED) is 0.636. The Balaban J connectivity index is 2.20. The van der Waals surface area contributed by atoms with Gasteiger partial charge < -0.3 is 10.0 Å². The predicted octanol–water partition coefficient (Wildman–Crippen LogP) is 1.84. The molecule has 1 aliphatic carbocycles. The topological polar surface area (TPSA) is 101 Å². The number of rotatable bonds is 6. The number of nitro benzene ring substituents is 1. The van der Waals surface area contributed by atoms with Crippen molar-refractivity contribution in [1.82, 2.24) is 4.90 Å². The first-order chi connectivity index (χ1) is 9.88. The van der Waals surface area contributed by atoms with E-state index in [0.717, 1.165) is 12.8 Å². The molecule has 0 atom stereocenters. The maximum atomic E-state index is 12.4. The minimum Gasteiger partial charge on any atom is -0.480 e. The lowest BCUT2D eigenvalue weighted by Gasteiger charge is -2.20. The van der Waals surface area contributed by atoms with Crippen LogP contribution in [0.25, 0.3) is 0 Å². The first-order valence-corrected chi connectivity index (χ1v) is 6.64. The summed E-state index contributed by atoms with van der Waals surface area (Å²) in [7, 11) is 0. The van der Waals surface area contributed by atoms with Crippen LogP contribution in [-0.4, -0.2) is 39.9 Å². The number of carbonyl (C=O) groups is 2. The van der Waals surface area contributed by atoms with Gasteiger partial charge in [0.25, 0.3) is 11.6 Å². The number of nitrogens with zero attached hydrogens (tertiary/aromatic N) is 2. The summed E-state index contributed by atoms with van der Waals surface area (Å²) in [6, 6.07) is 4.08. The fourth-order valence-electron chi connectivity index (χ4n) is 2.17. The normalized spacial score (nSPS) is 13.8. The van der Waals surface area contributed by atoms with Crippen molar-refractivity contribution in [3.63, 3.8) is 0 Å². The molecule has 0 spiro atoms. The van der Waals surface area contributed by atoms with Gasteiger partial charge in [0.2, 0.25) is 0 Å². The molecule has 0 bridgehead atoms. The van der Waals surface area contributed by atoms with Crippen molar-refractivity contribution in [3.05, 3.63) is 39.4 Å². The van der Waals surface area contributed by atoms with Gasteiger partial charge in [0.1, 0.15) is 6.54 Å². The molecule has 1 saturated carbocycles. The maximum absolute atomic E-state index is 12.4. The summed E-state index contributed by atoms with van der Waals surface area (Å²) in [4.78, 5) is 34.8. The van der Waals surface area contributed by atoms with Gasteiger partial charge in [-0.1, -0.05) is 0 Å². The van der Waals surface area contributed by atoms with E-state index in [1.54, 1.807) is 6.92 Å². The number of carbonyl (C=O) groups excluding carboxylic acids is 1. The van der Waals surface area contributed by atoms with Crippen LogP contribution in [-0.2, 0) is 4.79 Å². The molecule has 1 amide bonds. The van der Waals surface area contributed by atoms with E-state index >= 15 is 0 Å². The van der Waals surface area contributed by atoms with Gasteiger partial charge in [-0.3, -0.25) is 19.7 Å². The van der Waals surface area contributed by atoms with Crippen LogP contribution >= 0.6 is 0 Å². The van der Waals surface area contributed by atoms with E-state index in [9.17, 15) is 19.7 Å². The standard InChI is InChI=1S/C14H16N2O5/c1-9-6-11(4-5-12(9)16(20)21)14(19)15(8-13(17)18)7-10-2-3-10/h4-6,10H,2-3,7-8H2,1H3,(H,17,18). The zero-order chi connectivity index (χ0) is 15.6. The lowest BCUT2D eigenvalue weighted by molar-refractivity contribution is -0.385. The molecule has 112 valence electrons. The van der Waals surface area contributed by atoms with Crippen LogP contribution in [0, 0.1) is 23.0 Å². The largest absolute Gasteiger partial charge is 0.480 e.